The molecule has 3 fully saturated rings. The van der Waals surface area contributed by atoms with Gasteiger partial charge in [0.2, 0.25) is 0 Å². The normalized spacial score (nSPS) is 34.8. The Morgan fingerprint density at radius 3 is 2.25 bits per heavy atom. The molecule has 2 aromatic rings. The average Bonchev–Trinajstić information content (AvgIpc) is 3.78. The van der Waals surface area contributed by atoms with Crippen molar-refractivity contribution >= 4 is 17.8 Å². The van der Waals surface area contributed by atoms with Crippen molar-refractivity contribution in [2.45, 2.75) is 197 Å². The number of hydrogen-bond acceptors (Lipinski definition) is 15. The van der Waals surface area contributed by atoms with Crippen LogP contribution in [0.15, 0.2) is 24.5 Å². The number of carbonyl (C=O) groups excluding carboxylic acids is 3. The number of alkyl halides is 1. The summed E-state index contributed by atoms with van der Waals surface area (Å²) in [4.78, 5) is 45.6. The fraction of sp³-hybridized carbons (Fsp3) is 0.804. The molecular formula is C46H85FN8O9. The number of esters is 1. The maximum atomic E-state index is 16.9. The maximum absolute atomic E-state index is 16.9. The van der Waals surface area contributed by atoms with Crippen molar-refractivity contribution in [3.8, 4) is 11.4 Å². The van der Waals surface area contributed by atoms with Gasteiger partial charge in [0.1, 0.15) is 23.6 Å². The van der Waals surface area contributed by atoms with Gasteiger partial charge in [-0.25, -0.2) is 14.0 Å². The monoisotopic (exact) mass is 913 g/mol. The maximum Gasteiger partial charge on any atom is 0.410 e. The van der Waals surface area contributed by atoms with E-state index in [4.69, 9.17) is 23.7 Å². The third kappa shape index (κ3) is 12.8. The minimum atomic E-state index is -3.13. The Balaban J connectivity index is 0.00000794. The van der Waals surface area contributed by atoms with Crippen molar-refractivity contribution in [2.75, 3.05) is 34.3 Å². The standard InChI is InChI=1S/C41H65FN8O9.5CH4/c1-12-31-41(8)33(50(38(54)59-41)19-14-13-18-49-23-29(46-47-49)28-16-15-17-44-45-28)27(5)43-22-24(2)21-39(6,55-11)35(26(4)34(52)40(7,42)37(53)57-31)58-36-32(51)30(48(9)10)20-25(3)56-36;;;;;/h15-17,23-27,30-33,35-36,43,51H,12-14,18-22H2,1-11H3;5*1H4/t24-,25?,26-,27-,30?,31-,32?,33-,35-,36+,39-,40?,41-;;;;;/m1...../s1. The number of rotatable bonds is 11. The SMILES string of the molecule is C.C.C.C.C.CC[C@H]1OC(=O)C(C)(F)C(=O)[C@@H](C)[C@@H](O[C@@H]2OC(C)CC(N(C)C)C2O)[C@](C)(OC)C[C@@H](C)CN[C@H](C)[C@H]2N(CCCCn3cc(-c4cccnn4)nn3)C(=O)O[C@]12C. The summed E-state index contributed by atoms with van der Waals surface area (Å²) in [6.07, 6.45) is 0.238. The molecule has 64 heavy (non-hydrogen) atoms. The van der Waals surface area contributed by atoms with Crippen LogP contribution in [0.3, 0.4) is 0 Å². The molecule has 1 amide bonds. The van der Waals surface area contributed by atoms with E-state index in [-0.39, 0.29) is 61.6 Å². The Morgan fingerprint density at radius 1 is 1.00 bits per heavy atom. The second kappa shape index (κ2) is 24.7. The van der Waals surface area contributed by atoms with Gasteiger partial charge in [0.15, 0.2) is 17.7 Å². The number of carbonyl (C=O) groups is 3. The Bertz CT molecular complexity index is 1740. The summed E-state index contributed by atoms with van der Waals surface area (Å²) < 4.78 is 49.5. The van der Waals surface area contributed by atoms with E-state index in [1.165, 1.54) is 14.0 Å². The minimum Gasteiger partial charge on any atom is -0.455 e. The first-order chi connectivity index (χ1) is 27.8. The lowest BCUT2D eigenvalue weighted by Gasteiger charge is -2.47. The molecule has 0 aromatic carbocycles. The number of cyclic esters (lactones) is 1. The van der Waals surface area contributed by atoms with E-state index >= 15 is 4.39 Å². The molecule has 0 aliphatic carbocycles. The molecule has 0 saturated carbocycles. The third-order valence-electron chi connectivity index (χ3n) is 12.5. The summed E-state index contributed by atoms with van der Waals surface area (Å²) in [5, 5.41) is 31.4. The van der Waals surface area contributed by atoms with Crippen molar-refractivity contribution < 1.29 is 47.6 Å². The summed E-state index contributed by atoms with van der Waals surface area (Å²) in [7, 11) is 5.20. The Morgan fingerprint density at radius 2 is 1.66 bits per heavy atom. The molecule has 5 heterocycles. The van der Waals surface area contributed by atoms with Crippen molar-refractivity contribution in [1.29, 1.82) is 0 Å². The van der Waals surface area contributed by atoms with Gasteiger partial charge in [-0.3, -0.25) is 14.4 Å². The van der Waals surface area contributed by atoms with Crippen LogP contribution in [0.2, 0.25) is 0 Å². The fourth-order valence-electron chi connectivity index (χ4n) is 9.18. The number of ether oxygens (including phenoxy) is 5. The number of aromatic nitrogens is 5. The number of aliphatic hydroxyl groups excluding tert-OH is 1. The van der Waals surface area contributed by atoms with E-state index in [1.54, 1.807) is 54.9 Å². The molecule has 370 valence electrons. The highest BCUT2D eigenvalue weighted by atomic mass is 19.1. The van der Waals surface area contributed by atoms with Crippen molar-refractivity contribution in [1.82, 2.24) is 40.3 Å². The van der Waals surface area contributed by atoms with Gasteiger partial charge >= 0.3 is 12.1 Å². The van der Waals surface area contributed by atoms with Gasteiger partial charge in [-0.1, -0.05) is 63.1 Å². The number of unbranched alkanes of at least 4 members (excludes halogenated alkanes) is 1. The Hall–Kier alpha value is -3.68. The smallest absolute Gasteiger partial charge is 0.410 e. The summed E-state index contributed by atoms with van der Waals surface area (Å²) in [5.41, 5.74) is -4.57. The molecule has 4 unspecified atom stereocenters. The number of methoxy groups -OCH3 is 1. The van der Waals surface area contributed by atoms with Gasteiger partial charge < -0.3 is 39.0 Å². The zero-order chi connectivity index (χ0) is 43.4. The number of fused-ring (bicyclic) bond motifs is 1. The van der Waals surface area contributed by atoms with Crippen LogP contribution < -0.4 is 5.32 Å². The average molecular weight is 913 g/mol. The number of nitrogens with zero attached hydrogens (tertiary/aromatic N) is 7. The number of hydrogen-bond donors (Lipinski definition) is 2. The topological polar surface area (TPSA) is 193 Å². The number of nitrogens with one attached hydrogen (secondary N) is 1. The summed E-state index contributed by atoms with van der Waals surface area (Å²) in [6, 6.07) is 2.22. The van der Waals surface area contributed by atoms with E-state index in [1.807, 2.05) is 39.8 Å². The molecule has 3 aliphatic heterocycles. The summed E-state index contributed by atoms with van der Waals surface area (Å²) in [6.45, 7) is 14.7. The Labute approximate surface area is 383 Å². The van der Waals surface area contributed by atoms with Crippen molar-refractivity contribution in [3.05, 3.63) is 24.5 Å². The molecule has 3 aliphatic rings. The number of halogens is 1. The Kier molecular flexibility index (Phi) is 23.3. The molecule has 13 atom stereocenters. The molecule has 5 rings (SSSR count). The van der Waals surface area contributed by atoms with Gasteiger partial charge in [0, 0.05) is 44.4 Å². The van der Waals surface area contributed by atoms with Crippen LogP contribution in [0.1, 0.15) is 125 Å². The van der Waals surface area contributed by atoms with Crippen LogP contribution >= 0.6 is 0 Å². The predicted octanol–water partition coefficient (Wildman–Crippen LogP) is 6.76. The molecule has 18 heteroatoms. The largest absolute Gasteiger partial charge is 0.455 e. The van der Waals surface area contributed by atoms with E-state index in [9.17, 15) is 19.5 Å². The third-order valence-corrected chi connectivity index (χ3v) is 12.5. The number of Topliss-reactive ketones (excluding diaryl/α,β-unsaturated/α-hetero) is 1. The van der Waals surface area contributed by atoms with Gasteiger partial charge in [-0.2, -0.15) is 5.10 Å². The van der Waals surface area contributed by atoms with E-state index in [2.05, 4.69) is 25.8 Å². The second-order valence-corrected chi connectivity index (χ2v) is 17.5. The zero-order valence-electron chi connectivity index (χ0n) is 36.5. The molecule has 2 N–H and O–H groups in total. The van der Waals surface area contributed by atoms with Gasteiger partial charge in [-0.05, 0) is 105 Å². The van der Waals surface area contributed by atoms with Crippen LogP contribution in [0.5, 0.6) is 0 Å². The van der Waals surface area contributed by atoms with Crippen LogP contribution in [0.25, 0.3) is 11.4 Å². The molecule has 3 saturated heterocycles. The van der Waals surface area contributed by atoms with Crippen LogP contribution in [-0.2, 0) is 39.8 Å². The van der Waals surface area contributed by atoms with Crippen molar-refractivity contribution in [2.24, 2.45) is 11.8 Å². The van der Waals surface area contributed by atoms with E-state index in [0.717, 1.165) is 6.92 Å². The van der Waals surface area contributed by atoms with Crippen LogP contribution in [-0.4, -0.2) is 158 Å². The molecule has 2 aromatic heterocycles. The molecule has 17 nitrogen and oxygen atoms in total. The lowest BCUT2D eigenvalue weighted by molar-refractivity contribution is -0.295. The minimum absolute atomic E-state index is 0. The molecular weight excluding hydrogens is 828 g/mol. The number of ketones is 1. The number of likely N-dealkylation sites (N-methyl/N-ethyl adjacent to an activating group) is 1. The molecule has 0 bridgehead atoms. The van der Waals surface area contributed by atoms with Crippen molar-refractivity contribution in [3.63, 3.8) is 0 Å². The predicted molar refractivity (Wildman–Crippen MR) is 247 cm³/mol. The number of aryl methyl sites for hydroxylation is 1. The highest BCUT2D eigenvalue weighted by Gasteiger charge is 2.60. The molecule has 0 spiro atoms. The summed E-state index contributed by atoms with van der Waals surface area (Å²) >= 11 is 0. The molecule has 0 radical (unpaired) electrons. The second-order valence-electron chi connectivity index (χ2n) is 17.5. The number of amides is 1. The first kappa shape index (κ1) is 60.3. The van der Waals surface area contributed by atoms with Gasteiger partial charge in [0.25, 0.3) is 5.67 Å². The number of aliphatic hydroxyl groups is 1. The highest BCUT2D eigenvalue weighted by Crippen LogP contribution is 2.41. The van der Waals surface area contributed by atoms with E-state index < -0.39 is 77.3 Å². The lowest BCUT2D eigenvalue weighted by atomic mass is 9.78. The van der Waals surface area contributed by atoms with Crippen LogP contribution in [0.4, 0.5) is 9.18 Å². The van der Waals surface area contributed by atoms with Crippen LogP contribution in [0, 0.1) is 11.8 Å². The highest BCUT2D eigenvalue weighted by molar-refractivity contribution is 6.07. The van der Waals surface area contributed by atoms with Gasteiger partial charge in [-0.15, -0.1) is 10.2 Å². The van der Waals surface area contributed by atoms with E-state index in [0.29, 0.717) is 56.7 Å². The van der Waals surface area contributed by atoms with Gasteiger partial charge in [0.05, 0.1) is 30.0 Å². The first-order valence-electron chi connectivity index (χ1n) is 20.8. The zero-order valence-corrected chi connectivity index (χ0v) is 36.5. The quantitative estimate of drug-likeness (QED) is 0.136. The fourth-order valence-corrected chi connectivity index (χ4v) is 9.18. The first-order valence-corrected chi connectivity index (χ1v) is 20.8. The lowest BCUT2D eigenvalue weighted by Crippen LogP contribution is -2.61. The summed E-state index contributed by atoms with van der Waals surface area (Å²) in [5.74, 6) is -3.86.